The first-order chi connectivity index (χ1) is 22.9. The molecule has 0 aliphatic heterocycles. The van der Waals surface area contributed by atoms with Crippen molar-refractivity contribution < 1.29 is 0 Å². The van der Waals surface area contributed by atoms with Crippen LogP contribution >= 0.6 is 99.9 Å². The van der Waals surface area contributed by atoms with Crippen molar-refractivity contribution in [2.45, 2.75) is 130 Å². The molecule has 7 aromatic rings. The zero-order valence-electron chi connectivity index (χ0n) is 29.7. The van der Waals surface area contributed by atoms with Crippen LogP contribution in [0.15, 0.2) is 8.95 Å². The van der Waals surface area contributed by atoms with Gasteiger partial charge in [0, 0.05) is 59.7 Å². The number of thiophene rings is 6. The molecule has 0 aliphatic rings. The Morgan fingerprint density at radius 2 is 0.771 bits per heavy atom. The summed E-state index contributed by atoms with van der Waals surface area (Å²) in [7, 11) is -2.96. The summed E-state index contributed by atoms with van der Waals surface area (Å²) >= 11 is 21.1. The van der Waals surface area contributed by atoms with Crippen molar-refractivity contribution >= 4 is 183 Å². The van der Waals surface area contributed by atoms with Crippen molar-refractivity contribution in [1.82, 2.24) is 0 Å². The van der Waals surface area contributed by atoms with Crippen LogP contribution in [0.4, 0.5) is 0 Å². The van der Waals surface area contributed by atoms with E-state index in [1.54, 1.807) is 59.1 Å². The molecule has 258 valence electrons. The molecule has 6 aromatic heterocycles. The van der Waals surface area contributed by atoms with Crippen LogP contribution in [0.25, 0.3) is 57.8 Å². The summed E-state index contributed by atoms with van der Waals surface area (Å²) in [6.07, 6.45) is 15.9. The summed E-state index contributed by atoms with van der Waals surface area (Å²) in [5, 5.41) is 9.34. The van der Waals surface area contributed by atoms with Gasteiger partial charge >= 0.3 is 0 Å². The summed E-state index contributed by atoms with van der Waals surface area (Å²) in [5.74, 6) is 0. The van der Waals surface area contributed by atoms with Gasteiger partial charge in [-0.15, -0.1) is 68.0 Å². The molecular weight excluding hydrogens is 865 g/mol. The Labute approximate surface area is 329 Å². The summed E-state index contributed by atoms with van der Waals surface area (Å²) in [6.45, 7) is 19.7. The third kappa shape index (κ3) is 6.38. The predicted molar refractivity (Wildman–Crippen MR) is 245 cm³/mol. The molecule has 0 nitrogen and oxygen atoms in total. The second kappa shape index (κ2) is 14.3. The SMILES string of the molecule is CCCCCCCc1c(CCCCCCC)c2sc3sc4sc([Si](C)(C)C)c(Br)c4c3c2c2c1sc1sc3sc([Si](C)(C)C)c(Br)c3c12. The van der Waals surface area contributed by atoms with Crippen molar-refractivity contribution in [2.24, 2.45) is 0 Å². The van der Waals surface area contributed by atoms with Gasteiger partial charge in [0.1, 0.15) is 0 Å². The Hall–Kier alpha value is 0.374. The van der Waals surface area contributed by atoms with Crippen molar-refractivity contribution in [3.63, 3.8) is 0 Å². The summed E-state index contributed by atoms with van der Waals surface area (Å²) in [4.78, 5) is 0. The van der Waals surface area contributed by atoms with E-state index < -0.39 is 16.1 Å². The molecule has 0 saturated heterocycles. The van der Waals surface area contributed by atoms with Crippen LogP contribution in [0, 0.1) is 0 Å². The Balaban J connectivity index is 1.58. The number of unbranched alkanes of at least 4 members (excludes halogenated alkanes) is 8. The maximum absolute atomic E-state index is 4.25. The highest BCUT2D eigenvalue weighted by atomic mass is 79.9. The third-order valence-corrected chi connectivity index (χ3v) is 27.4. The first-order valence-electron chi connectivity index (χ1n) is 17.9. The molecular formula is C38H48Br2S6Si2. The molecule has 7 rings (SSSR count). The van der Waals surface area contributed by atoms with E-state index in [0.717, 1.165) is 0 Å². The number of rotatable bonds is 14. The monoisotopic (exact) mass is 910 g/mol. The molecule has 0 aliphatic carbocycles. The van der Waals surface area contributed by atoms with Gasteiger partial charge < -0.3 is 0 Å². The molecule has 0 saturated carbocycles. The Morgan fingerprint density at radius 1 is 0.417 bits per heavy atom. The molecule has 0 spiro atoms. The lowest BCUT2D eigenvalue weighted by Crippen LogP contribution is -2.35. The van der Waals surface area contributed by atoms with Crippen LogP contribution in [0.5, 0.6) is 0 Å². The normalized spacial score (nSPS) is 13.4. The average molecular weight is 913 g/mol. The lowest BCUT2D eigenvalue weighted by molar-refractivity contribution is 0.623. The fourth-order valence-corrected chi connectivity index (χ4v) is 26.1. The van der Waals surface area contributed by atoms with E-state index in [-0.39, 0.29) is 0 Å². The zero-order chi connectivity index (χ0) is 34.1. The maximum atomic E-state index is 4.25. The van der Waals surface area contributed by atoms with Gasteiger partial charge in [0.25, 0.3) is 0 Å². The molecule has 0 amide bonds. The molecule has 10 heteroatoms. The Kier molecular flexibility index (Phi) is 10.9. The smallest absolute Gasteiger partial charge is 0.0920 e. The summed E-state index contributed by atoms with van der Waals surface area (Å²) < 4.78 is 15.4. The second-order valence-electron chi connectivity index (χ2n) is 15.7. The topological polar surface area (TPSA) is 0 Å². The molecule has 0 fully saturated rings. The molecule has 48 heavy (non-hydrogen) atoms. The Morgan fingerprint density at radius 3 is 1.12 bits per heavy atom. The first kappa shape index (κ1) is 36.7. The molecule has 0 atom stereocenters. The minimum absolute atomic E-state index is 1.23. The minimum atomic E-state index is -1.48. The van der Waals surface area contributed by atoms with Gasteiger partial charge in [-0.25, -0.2) is 0 Å². The molecule has 0 radical (unpaired) electrons. The van der Waals surface area contributed by atoms with E-state index in [0.29, 0.717) is 0 Å². The van der Waals surface area contributed by atoms with Crippen LogP contribution in [-0.4, -0.2) is 16.1 Å². The highest BCUT2D eigenvalue weighted by molar-refractivity contribution is 9.11. The van der Waals surface area contributed by atoms with E-state index in [4.69, 9.17) is 0 Å². The highest BCUT2D eigenvalue weighted by Crippen LogP contribution is 2.57. The quantitative estimate of drug-likeness (QED) is 0.0753. The summed E-state index contributed by atoms with van der Waals surface area (Å²) in [5.41, 5.74) is 3.42. The molecule has 0 bridgehead atoms. The van der Waals surface area contributed by atoms with Gasteiger partial charge in [-0.2, -0.15) is 0 Å². The standard InChI is InChI=1S/C38H48Br2S6Si2/c1-9-11-13-15-17-19-21-22(20-18-16-14-12-10-2)32-24(26-28-30(40)38(48(6,7)8)46-36(28)44-34(26)42-32)23-25-27-29(39)37(47(3,4)5)45-35(27)43-33(25)41-31(21)23/h9-20H2,1-8H3. The molecule has 0 N–H and O–H groups in total. The maximum Gasteiger partial charge on any atom is 0.0920 e. The lowest BCUT2D eigenvalue weighted by Gasteiger charge is -2.15. The van der Waals surface area contributed by atoms with Gasteiger partial charge in [0.15, 0.2) is 0 Å². The van der Waals surface area contributed by atoms with Crippen LogP contribution in [0.3, 0.4) is 0 Å². The van der Waals surface area contributed by atoms with Crippen molar-refractivity contribution in [3.05, 3.63) is 20.1 Å². The minimum Gasteiger partial charge on any atom is -0.133 e. The lowest BCUT2D eigenvalue weighted by atomic mass is 9.92. The van der Waals surface area contributed by atoms with Crippen LogP contribution in [0.2, 0.25) is 39.3 Å². The van der Waals surface area contributed by atoms with E-state index in [1.165, 1.54) is 105 Å². The number of hydrogen-bond donors (Lipinski definition) is 0. The largest absolute Gasteiger partial charge is 0.133 e. The fourth-order valence-electron chi connectivity index (χ4n) is 7.42. The van der Waals surface area contributed by atoms with E-state index >= 15 is 0 Å². The summed E-state index contributed by atoms with van der Waals surface area (Å²) in [6, 6.07) is 0. The third-order valence-electron chi connectivity index (χ3n) is 9.84. The number of fused-ring (bicyclic) bond motifs is 11. The number of hydrogen-bond acceptors (Lipinski definition) is 6. The van der Waals surface area contributed by atoms with E-state index in [9.17, 15) is 0 Å². The first-order valence-corrected chi connectivity index (χ1v) is 31.4. The Bertz CT molecular complexity index is 2110. The van der Waals surface area contributed by atoms with Crippen LogP contribution in [-0.2, 0) is 12.8 Å². The number of aryl methyl sites for hydroxylation is 2. The van der Waals surface area contributed by atoms with Gasteiger partial charge in [-0.1, -0.05) is 104 Å². The van der Waals surface area contributed by atoms with Gasteiger partial charge in [0.05, 0.1) is 32.2 Å². The number of halogens is 2. The van der Waals surface area contributed by atoms with Gasteiger partial charge in [-0.05, 0) is 68.7 Å². The molecule has 0 unspecified atom stereocenters. The number of benzene rings is 1. The molecule has 1 aromatic carbocycles. The van der Waals surface area contributed by atoms with Crippen molar-refractivity contribution in [3.8, 4) is 0 Å². The highest BCUT2D eigenvalue weighted by Gasteiger charge is 2.32. The van der Waals surface area contributed by atoms with Gasteiger partial charge in [-0.3, -0.25) is 0 Å². The predicted octanol–water partition coefficient (Wildman–Crippen LogP) is 16.6. The van der Waals surface area contributed by atoms with Crippen LogP contribution in [0.1, 0.15) is 89.2 Å². The van der Waals surface area contributed by atoms with E-state index in [2.05, 4.69) is 153 Å². The second-order valence-corrected chi connectivity index (χ2v) is 35.2. The van der Waals surface area contributed by atoms with Crippen molar-refractivity contribution in [2.75, 3.05) is 0 Å². The fraction of sp³-hybridized carbons (Fsp3) is 0.526. The van der Waals surface area contributed by atoms with Gasteiger partial charge in [0.2, 0.25) is 0 Å². The average Bonchev–Trinajstić information content (AvgIpc) is 3.82. The van der Waals surface area contributed by atoms with Crippen LogP contribution < -0.4 is 9.00 Å². The molecule has 6 heterocycles. The van der Waals surface area contributed by atoms with Crippen molar-refractivity contribution in [1.29, 1.82) is 0 Å². The zero-order valence-corrected chi connectivity index (χ0v) is 39.8. The van der Waals surface area contributed by atoms with E-state index in [1.807, 2.05) is 0 Å².